The van der Waals surface area contributed by atoms with E-state index in [1.807, 2.05) is 30.5 Å². The van der Waals surface area contributed by atoms with E-state index in [0.29, 0.717) is 37.5 Å². The summed E-state index contributed by atoms with van der Waals surface area (Å²) in [5.41, 5.74) is 2.41. The molecule has 1 saturated heterocycles. The Balaban J connectivity index is 1.19. The van der Waals surface area contributed by atoms with E-state index < -0.39 is 0 Å². The lowest BCUT2D eigenvalue weighted by Crippen LogP contribution is -2.50. The average molecular weight is 395 g/mol. The monoisotopic (exact) mass is 395 g/mol. The molecule has 0 aliphatic carbocycles. The van der Waals surface area contributed by atoms with E-state index >= 15 is 0 Å². The summed E-state index contributed by atoms with van der Waals surface area (Å²) in [4.78, 5) is 31.9. The molecule has 0 saturated carbocycles. The molecule has 152 valence electrons. The van der Waals surface area contributed by atoms with Crippen LogP contribution in [-0.2, 0) is 11.2 Å². The molecule has 1 aliphatic rings. The van der Waals surface area contributed by atoms with Crippen LogP contribution in [0.1, 0.15) is 21.8 Å². The second-order valence-electron chi connectivity index (χ2n) is 7.34. The molecule has 3 heterocycles. The molecule has 3 aromatic rings. The minimum Gasteiger partial charge on any atom is -0.361 e. The molecule has 2 N–H and O–H groups in total. The van der Waals surface area contributed by atoms with E-state index in [1.165, 1.54) is 0 Å². The van der Waals surface area contributed by atoms with Gasteiger partial charge >= 0.3 is 0 Å². The Hall–Kier alpha value is -3.13. The highest BCUT2D eigenvalue weighted by Crippen LogP contribution is 2.18. The highest BCUT2D eigenvalue weighted by molar-refractivity contribution is 5.92. The molecule has 2 amide bonds. The third kappa shape index (κ3) is 4.48. The van der Waals surface area contributed by atoms with Crippen molar-refractivity contribution in [1.82, 2.24) is 25.3 Å². The molecule has 4 rings (SSSR count). The number of piperazine rings is 1. The van der Waals surface area contributed by atoms with Crippen molar-refractivity contribution in [2.45, 2.75) is 13.3 Å². The zero-order valence-corrected chi connectivity index (χ0v) is 16.5. The predicted octanol–water partition coefficient (Wildman–Crippen LogP) is 1.58. The van der Waals surface area contributed by atoms with Crippen LogP contribution in [-0.4, -0.2) is 71.0 Å². The fraction of sp³-hybridized carbons (Fsp3) is 0.381. The van der Waals surface area contributed by atoms with E-state index in [0.717, 1.165) is 36.1 Å². The van der Waals surface area contributed by atoms with Gasteiger partial charge in [0.1, 0.15) is 5.76 Å². The lowest BCUT2D eigenvalue weighted by Gasteiger charge is -2.34. The first-order valence-electron chi connectivity index (χ1n) is 9.87. The minimum atomic E-state index is -0.0893. The molecule has 1 aromatic carbocycles. The summed E-state index contributed by atoms with van der Waals surface area (Å²) >= 11 is 0. The molecule has 2 aromatic heterocycles. The number of nitrogens with zero attached hydrogens (tertiary/aromatic N) is 3. The smallest absolute Gasteiger partial charge is 0.276 e. The molecule has 0 atom stereocenters. The Kier molecular flexibility index (Phi) is 5.62. The van der Waals surface area contributed by atoms with Crippen molar-refractivity contribution in [2.75, 3.05) is 39.3 Å². The molecule has 8 nitrogen and oxygen atoms in total. The maximum absolute atomic E-state index is 12.4. The van der Waals surface area contributed by atoms with E-state index in [9.17, 15) is 9.59 Å². The van der Waals surface area contributed by atoms with Gasteiger partial charge in [0.25, 0.3) is 5.91 Å². The molecule has 0 unspecified atom stereocenters. The zero-order chi connectivity index (χ0) is 20.2. The van der Waals surface area contributed by atoms with Gasteiger partial charge in [0.05, 0.1) is 6.42 Å². The van der Waals surface area contributed by atoms with Crippen LogP contribution in [0.2, 0.25) is 0 Å². The fourth-order valence-electron chi connectivity index (χ4n) is 3.67. The minimum absolute atomic E-state index is 0.0185. The van der Waals surface area contributed by atoms with E-state index in [4.69, 9.17) is 4.52 Å². The van der Waals surface area contributed by atoms with E-state index in [-0.39, 0.29) is 11.8 Å². The summed E-state index contributed by atoms with van der Waals surface area (Å²) in [6.45, 7) is 5.99. The summed E-state index contributed by atoms with van der Waals surface area (Å²) in [5.74, 6) is 0.564. The van der Waals surface area contributed by atoms with Crippen molar-refractivity contribution in [2.24, 2.45) is 0 Å². The van der Waals surface area contributed by atoms with Crippen molar-refractivity contribution in [3.05, 3.63) is 53.5 Å². The van der Waals surface area contributed by atoms with Gasteiger partial charge in [-0.1, -0.05) is 23.4 Å². The molecule has 1 aliphatic heterocycles. The third-order valence-corrected chi connectivity index (χ3v) is 5.28. The summed E-state index contributed by atoms with van der Waals surface area (Å²) < 4.78 is 4.98. The first-order chi connectivity index (χ1) is 14.1. The van der Waals surface area contributed by atoms with Gasteiger partial charge in [0.2, 0.25) is 5.91 Å². The van der Waals surface area contributed by atoms with Crippen molar-refractivity contribution in [3.63, 3.8) is 0 Å². The number of carbonyl (C=O) groups excluding carboxylic acids is 2. The molecule has 1 fully saturated rings. The maximum Gasteiger partial charge on any atom is 0.276 e. The number of fused-ring (bicyclic) bond motifs is 1. The summed E-state index contributed by atoms with van der Waals surface area (Å²) in [6, 6.07) is 9.65. The van der Waals surface area contributed by atoms with Crippen LogP contribution in [0.3, 0.4) is 0 Å². The highest BCUT2D eigenvalue weighted by atomic mass is 16.5. The van der Waals surface area contributed by atoms with Crippen LogP contribution in [0.25, 0.3) is 10.9 Å². The number of nitrogens with one attached hydrogen (secondary N) is 2. The fourth-order valence-corrected chi connectivity index (χ4v) is 3.67. The SMILES string of the molecule is Cc1cc(C(=O)N2CCN(CCNC(=O)Cc3c[nH]c4ccccc34)CC2)no1. The van der Waals surface area contributed by atoms with Gasteiger partial charge in [-0.15, -0.1) is 0 Å². The lowest BCUT2D eigenvalue weighted by atomic mass is 10.1. The zero-order valence-electron chi connectivity index (χ0n) is 16.5. The van der Waals surface area contributed by atoms with E-state index in [1.54, 1.807) is 17.9 Å². The summed E-state index contributed by atoms with van der Waals surface area (Å²) in [7, 11) is 0. The van der Waals surface area contributed by atoms with Crippen molar-refractivity contribution in [3.8, 4) is 0 Å². The largest absolute Gasteiger partial charge is 0.361 e. The quantitative estimate of drug-likeness (QED) is 0.661. The molecule has 29 heavy (non-hydrogen) atoms. The number of hydrogen-bond acceptors (Lipinski definition) is 5. The number of para-hydroxylation sites is 1. The predicted molar refractivity (Wildman–Crippen MR) is 109 cm³/mol. The van der Waals surface area contributed by atoms with Crippen LogP contribution < -0.4 is 5.32 Å². The Morgan fingerprint density at radius 3 is 2.76 bits per heavy atom. The van der Waals surface area contributed by atoms with Crippen LogP contribution in [0, 0.1) is 6.92 Å². The van der Waals surface area contributed by atoms with Crippen LogP contribution in [0.4, 0.5) is 0 Å². The number of carbonyl (C=O) groups is 2. The summed E-state index contributed by atoms with van der Waals surface area (Å²) in [5, 5.41) is 7.89. The number of aromatic amines is 1. The first kappa shape index (κ1) is 19.2. The van der Waals surface area contributed by atoms with Gasteiger partial charge in [0, 0.05) is 62.4 Å². The lowest BCUT2D eigenvalue weighted by molar-refractivity contribution is -0.120. The van der Waals surface area contributed by atoms with Gasteiger partial charge in [-0.3, -0.25) is 14.5 Å². The topological polar surface area (TPSA) is 94.5 Å². The molecule has 8 heteroatoms. The van der Waals surface area contributed by atoms with E-state index in [2.05, 4.69) is 20.4 Å². The van der Waals surface area contributed by atoms with Crippen molar-refractivity contribution in [1.29, 1.82) is 0 Å². The van der Waals surface area contributed by atoms with Crippen molar-refractivity contribution >= 4 is 22.7 Å². The van der Waals surface area contributed by atoms with Gasteiger partial charge in [-0.05, 0) is 18.6 Å². The number of benzene rings is 1. The van der Waals surface area contributed by atoms with Gasteiger partial charge in [0.15, 0.2) is 5.69 Å². The Bertz CT molecular complexity index is 1000. The number of aryl methyl sites for hydroxylation is 1. The number of aromatic nitrogens is 2. The Morgan fingerprint density at radius 1 is 1.21 bits per heavy atom. The molecular weight excluding hydrogens is 370 g/mol. The second kappa shape index (κ2) is 8.48. The molecule has 0 spiro atoms. The number of amides is 2. The summed E-state index contributed by atoms with van der Waals surface area (Å²) in [6.07, 6.45) is 2.26. The van der Waals surface area contributed by atoms with Gasteiger partial charge < -0.3 is 19.7 Å². The average Bonchev–Trinajstić information content (AvgIpc) is 3.35. The number of hydrogen-bond donors (Lipinski definition) is 2. The highest BCUT2D eigenvalue weighted by Gasteiger charge is 2.24. The van der Waals surface area contributed by atoms with Gasteiger partial charge in [-0.2, -0.15) is 0 Å². The number of H-pyrrole nitrogens is 1. The Labute approximate surface area is 168 Å². The molecule has 0 radical (unpaired) electrons. The normalized spacial score (nSPS) is 15.0. The Morgan fingerprint density at radius 2 is 2.00 bits per heavy atom. The second-order valence-corrected chi connectivity index (χ2v) is 7.34. The maximum atomic E-state index is 12.4. The molecular formula is C21H25N5O3. The first-order valence-corrected chi connectivity index (χ1v) is 9.87. The van der Waals surface area contributed by atoms with Gasteiger partial charge in [-0.25, -0.2) is 0 Å². The van der Waals surface area contributed by atoms with Crippen LogP contribution in [0.15, 0.2) is 41.1 Å². The standard InChI is InChI=1S/C21H25N5O3/c1-15-12-19(24-29-15)21(28)26-10-8-25(9-11-26)7-6-22-20(27)13-16-14-23-18-5-3-2-4-17(16)18/h2-5,12,14,23H,6-11,13H2,1H3,(H,22,27). The third-order valence-electron chi connectivity index (χ3n) is 5.28. The van der Waals surface area contributed by atoms with Crippen LogP contribution in [0.5, 0.6) is 0 Å². The molecule has 0 bridgehead atoms. The van der Waals surface area contributed by atoms with Crippen LogP contribution >= 0.6 is 0 Å². The van der Waals surface area contributed by atoms with Crippen molar-refractivity contribution < 1.29 is 14.1 Å². The number of rotatable bonds is 6.